The van der Waals surface area contributed by atoms with Crippen LogP contribution in [0.2, 0.25) is 0 Å². The van der Waals surface area contributed by atoms with E-state index in [4.69, 9.17) is 0 Å². The largest absolute Gasteiger partial charge is 0.364 e. The second-order valence-electron chi connectivity index (χ2n) is 3.66. The first-order valence-electron chi connectivity index (χ1n) is 4.48. The first-order chi connectivity index (χ1) is 6.02. The summed E-state index contributed by atoms with van der Waals surface area (Å²) in [5.41, 5.74) is 0.577. The van der Waals surface area contributed by atoms with Gasteiger partial charge in [-0.15, -0.1) is 0 Å². The standard InChI is InChI=1S/C9H15N3O/c1-6(2)8-5-10-9(13)12(11-8)7(3)4/h5-7H,1-4H3. The van der Waals surface area contributed by atoms with E-state index >= 15 is 0 Å². The van der Waals surface area contributed by atoms with Crippen molar-refractivity contribution in [2.75, 3.05) is 0 Å². The Bertz CT molecular complexity index is 341. The highest BCUT2D eigenvalue weighted by molar-refractivity contribution is 4.97. The Morgan fingerprint density at radius 2 is 1.92 bits per heavy atom. The third-order valence-electron chi connectivity index (χ3n) is 1.81. The van der Waals surface area contributed by atoms with Crippen LogP contribution in [0.3, 0.4) is 0 Å². The SMILES string of the molecule is CC(C)c1cnc(=O)n(C(C)C)n1. The zero-order chi connectivity index (χ0) is 10.0. The van der Waals surface area contributed by atoms with E-state index < -0.39 is 0 Å². The fraction of sp³-hybridized carbons (Fsp3) is 0.667. The van der Waals surface area contributed by atoms with E-state index in [0.29, 0.717) is 5.92 Å². The van der Waals surface area contributed by atoms with Gasteiger partial charge in [0.25, 0.3) is 0 Å². The molecule has 4 nitrogen and oxygen atoms in total. The zero-order valence-corrected chi connectivity index (χ0v) is 8.48. The molecule has 13 heavy (non-hydrogen) atoms. The average Bonchev–Trinajstić information content (AvgIpc) is 2.04. The predicted molar refractivity (Wildman–Crippen MR) is 50.8 cm³/mol. The van der Waals surface area contributed by atoms with Gasteiger partial charge < -0.3 is 0 Å². The van der Waals surface area contributed by atoms with E-state index in [2.05, 4.69) is 10.1 Å². The van der Waals surface area contributed by atoms with Crippen molar-refractivity contribution in [3.8, 4) is 0 Å². The van der Waals surface area contributed by atoms with Crippen LogP contribution in [0.15, 0.2) is 11.0 Å². The molecule has 0 radical (unpaired) electrons. The summed E-state index contributed by atoms with van der Waals surface area (Å²) < 4.78 is 1.41. The van der Waals surface area contributed by atoms with Crippen molar-refractivity contribution in [2.24, 2.45) is 0 Å². The first-order valence-corrected chi connectivity index (χ1v) is 4.48. The fourth-order valence-corrected chi connectivity index (χ4v) is 0.974. The Labute approximate surface area is 77.6 Å². The van der Waals surface area contributed by atoms with Crippen molar-refractivity contribution < 1.29 is 0 Å². The lowest BCUT2D eigenvalue weighted by atomic mass is 10.1. The average molecular weight is 181 g/mol. The third kappa shape index (κ3) is 2.14. The Morgan fingerprint density at radius 3 is 2.38 bits per heavy atom. The zero-order valence-electron chi connectivity index (χ0n) is 8.48. The van der Waals surface area contributed by atoms with Gasteiger partial charge in [0.15, 0.2) is 0 Å². The molecular formula is C9H15N3O. The second-order valence-corrected chi connectivity index (χ2v) is 3.66. The highest BCUT2D eigenvalue weighted by Crippen LogP contribution is 2.08. The Balaban J connectivity index is 3.19. The van der Waals surface area contributed by atoms with Crippen molar-refractivity contribution in [1.29, 1.82) is 0 Å². The molecule has 0 aliphatic heterocycles. The molecule has 4 heteroatoms. The quantitative estimate of drug-likeness (QED) is 0.691. The first kappa shape index (κ1) is 9.89. The molecule has 0 aliphatic carbocycles. The van der Waals surface area contributed by atoms with Gasteiger partial charge in [0.1, 0.15) is 0 Å². The molecule has 1 aromatic heterocycles. The summed E-state index contributed by atoms with van der Waals surface area (Å²) in [5, 5.41) is 4.21. The van der Waals surface area contributed by atoms with Crippen LogP contribution in [0.4, 0.5) is 0 Å². The molecular weight excluding hydrogens is 166 g/mol. The summed E-state index contributed by atoms with van der Waals surface area (Å²) in [6, 6.07) is 0.0682. The molecule has 0 fully saturated rings. The topological polar surface area (TPSA) is 47.8 Å². The minimum Gasteiger partial charge on any atom is -0.244 e. The molecule has 72 valence electrons. The van der Waals surface area contributed by atoms with Crippen molar-refractivity contribution in [2.45, 2.75) is 39.7 Å². The summed E-state index contributed by atoms with van der Waals surface area (Å²) in [4.78, 5) is 15.0. The van der Waals surface area contributed by atoms with Gasteiger partial charge in [0.2, 0.25) is 0 Å². The molecule has 1 aromatic rings. The van der Waals surface area contributed by atoms with Crippen LogP contribution in [-0.4, -0.2) is 14.8 Å². The van der Waals surface area contributed by atoms with E-state index in [1.807, 2.05) is 27.7 Å². The molecule has 0 unspecified atom stereocenters. The summed E-state index contributed by atoms with van der Waals surface area (Å²) in [6.45, 7) is 7.89. The van der Waals surface area contributed by atoms with E-state index in [-0.39, 0.29) is 11.7 Å². The molecule has 0 spiro atoms. The van der Waals surface area contributed by atoms with Gasteiger partial charge in [0.05, 0.1) is 17.9 Å². The van der Waals surface area contributed by atoms with Crippen LogP contribution in [0.1, 0.15) is 45.3 Å². The maximum Gasteiger partial charge on any atom is 0.364 e. The number of nitrogens with zero attached hydrogens (tertiary/aromatic N) is 3. The molecule has 0 bridgehead atoms. The molecule has 0 aromatic carbocycles. The van der Waals surface area contributed by atoms with Crippen LogP contribution in [-0.2, 0) is 0 Å². The summed E-state index contributed by atoms with van der Waals surface area (Å²) >= 11 is 0. The lowest BCUT2D eigenvalue weighted by molar-refractivity contribution is 0.473. The Kier molecular flexibility index (Phi) is 2.80. The monoisotopic (exact) mass is 181 g/mol. The van der Waals surface area contributed by atoms with E-state index in [1.165, 1.54) is 4.68 Å². The summed E-state index contributed by atoms with van der Waals surface area (Å²) in [6.07, 6.45) is 1.55. The third-order valence-corrected chi connectivity index (χ3v) is 1.81. The van der Waals surface area contributed by atoms with Crippen LogP contribution in [0.25, 0.3) is 0 Å². The number of hydrogen-bond donors (Lipinski definition) is 0. The number of hydrogen-bond acceptors (Lipinski definition) is 3. The lowest BCUT2D eigenvalue weighted by Gasteiger charge is -2.10. The van der Waals surface area contributed by atoms with Gasteiger partial charge in [0, 0.05) is 0 Å². The van der Waals surface area contributed by atoms with Crippen molar-refractivity contribution in [3.63, 3.8) is 0 Å². The van der Waals surface area contributed by atoms with Crippen molar-refractivity contribution in [1.82, 2.24) is 14.8 Å². The number of aromatic nitrogens is 3. The molecule has 0 aliphatic rings. The Morgan fingerprint density at radius 1 is 1.31 bits per heavy atom. The van der Waals surface area contributed by atoms with Crippen molar-refractivity contribution in [3.05, 3.63) is 22.4 Å². The number of rotatable bonds is 2. The molecule has 0 saturated heterocycles. The molecule has 0 N–H and O–H groups in total. The van der Waals surface area contributed by atoms with E-state index in [9.17, 15) is 4.79 Å². The molecule has 0 atom stereocenters. The molecule has 0 saturated carbocycles. The highest BCUT2D eigenvalue weighted by atomic mass is 16.1. The van der Waals surface area contributed by atoms with Gasteiger partial charge >= 0.3 is 5.69 Å². The van der Waals surface area contributed by atoms with Gasteiger partial charge in [-0.05, 0) is 19.8 Å². The normalized spacial score (nSPS) is 11.2. The summed E-state index contributed by atoms with van der Waals surface area (Å²) in [7, 11) is 0. The fourth-order valence-electron chi connectivity index (χ4n) is 0.974. The lowest BCUT2D eigenvalue weighted by Crippen LogP contribution is -2.28. The van der Waals surface area contributed by atoms with Crippen molar-refractivity contribution >= 4 is 0 Å². The molecule has 0 amide bonds. The van der Waals surface area contributed by atoms with Gasteiger partial charge in [-0.3, -0.25) is 0 Å². The minimum absolute atomic E-state index is 0.0682. The maximum atomic E-state index is 11.2. The highest BCUT2D eigenvalue weighted by Gasteiger charge is 2.07. The van der Waals surface area contributed by atoms with Crippen LogP contribution in [0, 0.1) is 0 Å². The smallest absolute Gasteiger partial charge is 0.244 e. The Hall–Kier alpha value is -1.19. The van der Waals surface area contributed by atoms with Crippen LogP contribution >= 0.6 is 0 Å². The van der Waals surface area contributed by atoms with Gasteiger partial charge in [-0.25, -0.2) is 9.48 Å². The summed E-state index contributed by atoms with van der Waals surface area (Å²) in [5.74, 6) is 0.304. The molecule has 1 rings (SSSR count). The second kappa shape index (κ2) is 3.68. The van der Waals surface area contributed by atoms with E-state index in [1.54, 1.807) is 6.20 Å². The van der Waals surface area contributed by atoms with E-state index in [0.717, 1.165) is 5.69 Å². The van der Waals surface area contributed by atoms with Gasteiger partial charge in [-0.2, -0.15) is 10.1 Å². The van der Waals surface area contributed by atoms with Crippen LogP contribution < -0.4 is 5.69 Å². The maximum absolute atomic E-state index is 11.2. The van der Waals surface area contributed by atoms with Gasteiger partial charge in [-0.1, -0.05) is 13.8 Å². The predicted octanol–water partition coefficient (Wildman–Crippen LogP) is 1.34. The molecule has 1 heterocycles. The van der Waals surface area contributed by atoms with Crippen LogP contribution in [0.5, 0.6) is 0 Å². The minimum atomic E-state index is -0.278.